The quantitative estimate of drug-likeness (QED) is 0.327. The van der Waals surface area contributed by atoms with Gasteiger partial charge >= 0.3 is 5.69 Å². The number of nitro benzene ring substituents is 1. The lowest BCUT2D eigenvalue weighted by molar-refractivity contribution is -0.386. The predicted molar refractivity (Wildman–Crippen MR) is 68.5 cm³/mol. The Hall–Kier alpha value is -2.24. The molecule has 0 aliphatic carbocycles. The number of hydrogen-bond donors (Lipinski definition) is 0. The predicted octanol–water partition coefficient (Wildman–Crippen LogP) is 2.55. The molecule has 0 atom stereocenters. The van der Waals surface area contributed by atoms with Crippen LogP contribution in [0.2, 0.25) is 0 Å². The van der Waals surface area contributed by atoms with Gasteiger partial charge in [0, 0.05) is 6.42 Å². The summed E-state index contributed by atoms with van der Waals surface area (Å²) in [7, 11) is 1.29. The van der Waals surface area contributed by atoms with Crippen molar-refractivity contribution in [2.24, 2.45) is 0 Å². The van der Waals surface area contributed by atoms with E-state index in [1.807, 2.05) is 6.92 Å². The maximum Gasteiger partial charge on any atom is 0.321 e. The van der Waals surface area contributed by atoms with Crippen molar-refractivity contribution in [2.75, 3.05) is 7.11 Å². The van der Waals surface area contributed by atoms with Crippen molar-refractivity contribution in [1.29, 1.82) is 0 Å². The molecule has 0 aromatic heterocycles. The smallest absolute Gasteiger partial charge is 0.321 e. The van der Waals surface area contributed by atoms with E-state index in [2.05, 4.69) is 0 Å². The van der Waals surface area contributed by atoms with Crippen LogP contribution in [0.15, 0.2) is 18.2 Å². The van der Waals surface area contributed by atoms with Gasteiger partial charge in [-0.15, -0.1) is 0 Å². The Balaban J connectivity index is 3.09. The Morgan fingerprint density at radius 2 is 2.05 bits per heavy atom. The summed E-state index contributed by atoms with van der Waals surface area (Å²) in [6.07, 6.45) is 0.623. The highest BCUT2D eigenvalue weighted by atomic mass is 16.6. The molecule has 0 radical (unpaired) electrons. The van der Waals surface area contributed by atoms with E-state index in [0.717, 1.165) is 0 Å². The fourth-order valence-corrected chi connectivity index (χ4v) is 1.74. The van der Waals surface area contributed by atoms with Gasteiger partial charge in [0.25, 0.3) is 0 Å². The number of Topliss-reactive ketones (excluding diaryl/α,β-unsaturated/α-hetero) is 2. The van der Waals surface area contributed by atoms with E-state index < -0.39 is 10.7 Å². The van der Waals surface area contributed by atoms with Gasteiger partial charge in [0.15, 0.2) is 11.5 Å². The van der Waals surface area contributed by atoms with Gasteiger partial charge in [0.1, 0.15) is 5.78 Å². The molecule has 6 nitrogen and oxygen atoms in total. The van der Waals surface area contributed by atoms with Crippen molar-refractivity contribution in [3.63, 3.8) is 0 Å². The number of ether oxygens (including phenoxy) is 1. The largest absolute Gasteiger partial charge is 0.490 e. The van der Waals surface area contributed by atoms with E-state index >= 15 is 0 Å². The van der Waals surface area contributed by atoms with Gasteiger partial charge in [-0.3, -0.25) is 19.7 Å². The molecule has 0 saturated heterocycles. The van der Waals surface area contributed by atoms with E-state index in [9.17, 15) is 19.7 Å². The third kappa shape index (κ3) is 3.61. The highest BCUT2D eigenvalue weighted by Crippen LogP contribution is 2.31. The number of nitro groups is 1. The Labute approximate surface area is 110 Å². The minimum absolute atomic E-state index is 0.0128. The molecule has 0 aliphatic heterocycles. The van der Waals surface area contributed by atoms with Crippen molar-refractivity contribution in [3.8, 4) is 5.75 Å². The van der Waals surface area contributed by atoms with E-state index in [1.165, 1.54) is 25.3 Å². The molecular weight excluding hydrogens is 250 g/mol. The highest BCUT2D eigenvalue weighted by molar-refractivity contribution is 6.10. The van der Waals surface area contributed by atoms with E-state index in [1.54, 1.807) is 0 Å². The number of benzene rings is 1. The van der Waals surface area contributed by atoms with Crippen molar-refractivity contribution < 1.29 is 19.2 Å². The molecule has 0 heterocycles. The fourth-order valence-electron chi connectivity index (χ4n) is 1.74. The first-order valence-electron chi connectivity index (χ1n) is 5.87. The Kier molecular flexibility index (Phi) is 5.17. The van der Waals surface area contributed by atoms with Gasteiger partial charge in [0.2, 0.25) is 0 Å². The lowest BCUT2D eigenvalue weighted by Crippen LogP contribution is -2.10. The van der Waals surface area contributed by atoms with Crippen LogP contribution in [-0.4, -0.2) is 23.6 Å². The number of ketones is 2. The number of rotatable bonds is 7. The Morgan fingerprint density at radius 1 is 1.37 bits per heavy atom. The normalized spacial score (nSPS) is 10.0. The molecule has 19 heavy (non-hydrogen) atoms. The highest BCUT2D eigenvalue weighted by Gasteiger charge is 2.25. The molecule has 1 rings (SSSR count). The van der Waals surface area contributed by atoms with Gasteiger partial charge in [-0.1, -0.05) is 13.0 Å². The van der Waals surface area contributed by atoms with E-state index in [4.69, 9.17) is 4.74 Å². The SMILES string of the molecule is CCCC(=O)CC(=O)c1cccc(OC)c1[N+](=O)[O-]. The molecule has 0 amide bonds. The number of methoxy groups -OCH3 is 1. The molecule has 1 aromatic rings. The van der Waals surface area contributed by atoms with Gasteiger partial charge in [-0.05, 0) is 18.6 Å². The van der Waals surface area contributed by atoms with Crippen molar-refractivity contribution >= 4 is 17.3 Å². The van der Waals surface area contributed by atoms with Gasteiger partial charge in [-0.25, -0.2) is 0 Å². The number of hydrogen-bond acceptors (Lipinski definition) is 5. The first-order chi connectivity index (χ1) is 9.01. The summed E-state index contributed by atoms with van der Waals surface area (Å²) in [5.74, 6) is -0.757. The molecule has 0 bridgehead atoms. The summed E-state index contributed by atoms with van der Waals surface area (Å²) in [6, 6.07) is 4.23. The van der Waals surface area contributed by atoms with Crippen LogP contribution in [0, 0.1) is 10.1 Å². The average molecular weight is 265 g/mol. The molecule has 0 aliphatic rings. The second-order valence-electron chi connectivity index (χ2n) is 4.00. The van der Waals surface area contributed by atoms with Crippen LogP contribution in [-0.2, 0) is 4.79 Å². The van der Waals surface area contributed by atoms with Crippen LogP contribution in [0.25, 0.3) is 0 Å². The lowest BCUT2D eigenvalue weighted by Gasteiger charge is -2.05. The zero-order chi connectivity index (χ0) is 14.4. The summed E-state index contributed by atoms with van der Waals surface area (Å²) in [6.45, 7) is 1.83. The maximum atomic E-state index is 11.9. The third-order valence-corrected chi connectivity index (χ3v) is 2.59. The number of para-hydroxylation sites is 1. The van der Waals surface area contributed by atoms with Crippen LogP contribution in [0.4, 0.5) is 5.69 Å². The fraction of sp³-hybridized carbons (Fsp3) is 0.385. The molecule has 0 unspecified atom stereocenters. The Bertz CT molecular complexity index is 510. The molecule has 0 N–H and O–H groups in total. The van der Waals surface area contributed by atoms with Crippen molar-refractivity contribution in [2.45, 2.75) is 26.2 Å². The van der Waals surface area contributed by atoms with Gasteiger partial charge in [-0.2, -0.15) is 0 Å². The van der Waals surface area contributed by atoms with Gasteiger partial charge < -0.3 is 4.74 Å². The molecule has 0 saturated carbocycles. The van der Waals surface area contributed by atoms with Crippen LogP contribution in [0.3, 0.4) is 0 Å². The standard InChI is InChI=1S/C13H15NO5/c1-3-5-9(15)8-11(16)10-6-4-7-12(19-2)13(10)14(17)18/h4,6-7H,3,5,8H2,1-2H3. The molecule has 6 heteroatoms. The monoisotopic (exact) mass is 265 g/mol. The first kappa shape index (κ1) is 14.8. The molecule has 0 fully saturated rings. The second-order valence-corrected chi connectivity index (χ2v) is 4.00. The summed E-state index contributed by atoms with van der Waals surface area (Å²) in [4.78, 5) is 33.7. The summed E-state index contributed by atoms with van der Waals surface area (Å²) in [5, 5.41) is 11.0. The number of carbonyl (C=O) groups is 2. The second kappa shape index (κ2) is 6.63. The zero-order valence-corrected chi connectivity index (χ0v) is 10.8. The third-order valence-electron chi connectivity index (χ3n) is 2.59. The van der Waals surface area contributed by atoms with E-state index in [-0.39, 0.29) is 29.2 Å². The molecule has 1 aromatic carbocycles. The lowest BCUT2D eigenvalue weighted by atomic mass is 10.0. The maximum absolute atomic E-state index is 11.9. The number of carbonyl (C=O) groups excluding carboxylic acids is 2. The minimum atomic E-state index is -0.670. The summed E-state index contributed by atoms with van der Waals surface area (Å²) >= 11 is 0. The molecule has 102 valence electrons. The van der Waals surface area contributed by atoms with Crippen molar-refractivity contribution in [1.82, 2.24) is 0 Å². The minimum Gasteiger partial charge on any atom is -0.490 e. The van der Waals surface area contributed by atoms with Crippen molar-refractivity contribution in [3.05, 3.63) is 33.9 Å². The number of nitrogens with zero attached hydrogens (tertiary/aromatic N) is 1. The van der Waals surface area contributed by atoms with Crippen LogP contribution >= 0.6 is 0 Å². The first-order valence-corrected chi connectivity index (χ1v) is 5.87. The van der Waals surface area contributed by atoms with Crippen LogP contribution in [0.1, 0.15) is 36.5 Å². The molecular formula is C13H15NO5. The Morgan fingerprint density at radius 3 is 2.58 bits per heavy atom. The average Bonchev–Trinajstić information content (AvgIpc) is 2.37. The summed E-state index contributed by atoms with van der Waals surface area (Å²) in [5.41, 5.74) is -0.479. The van der Waals surface area contributed by atoms with Gasteiger partial charge in [0.05, 0.1) is 24.0 Å². The van der Waals surface area contributed by atoms with Crippen LogP contribution < -0.4 is 4.74 Å². The van der Waals surface area contributed by atoms with E-state index in [0.29, 0.717) is 12.8 Å². The van der Waals surface area contributed by atoms with Crippen LogP contribution in [0.5, 0.6) is 5.75 Å². The topological polar surface area (TPSA) is 86.5 Å². The molecule has 0 spiro atoms. The summed E-state index contributed by atoms with van der Waals surface area (Å²) < 4.78 is 4.87. The zero-order valence-electron chi connectivity index (χ0n) is 10.8.